The molecule has 1 fully saturated rings. The van der Waals surface area contributed by atoms with Crippen LogP contribution in [0.3, 0.4) is 0 Å². The van der Waals surface area contributed by atoms with Gasteiger partial charge in [-0.25, -0.2) is 4.79 Å². The van der Waals surface area contributed by atoms with E-state index in [2.05, 4.69) is 0 Å². The summed E-state index contributed by atoms with van der Waals surface area (Å²) in [5.41, 5.74) is 0.533. The molecular formula is C16H23NO3. The Bertz CT molecular complexity index is 453. The van der Waals surface area contributed by atoms with Crippen molar-refractivity contribution in [3.05, 3.63) is 35.9 Å². The molecule has 1 heterocycles. The number of piperidine rings is 1. The van der Waals surface area contributed by atoms with Crippen molar-refractivity contribution < 1.29 is 14.6 Å². The van der Waals surface area contributed by atoms with Crippen molar-refractivity contribution in [3.63, 3.8) is 0 Å². The van der Waals surface area contributed by atoms with Crippen LogP contribution in [0, 0.1) is 0 Å². The second-order valence-electron chi connectivity index (χ2n) is 6.28. The molecule has 1 aromatic rings. The average molecular weight is 277 g/mol. The molecule has 110 valence electrons. The second-order valence-corrected chi connectivity index (χ2v) is 6.28. The highest BCUT2D eigenvalue weighted by Gasteiger charge is 2.34. The molecule has 1 N–H and O–H groups in total. The number of hydrogen-bond acceptors (Lipinski definition) is 3. The van der Waals surface area contributed by atoms with Gasteiger partial charge in [-0.05, 0) is 39.2 Å². The highest BCUT2D eigenvalue weighted by atomic mass is 16.6. The Morgan fingerprint density at radius 3 is 2.55 bits per heavy atom. The molecule has 0 unspecified atom stereocenters. The monoisotopic (exact) mass is 277 g/mol. The zero-order valence-corrected chi connectivity index (χ0v) is 12.4. The first-order valence-electron chi connectivity index (χ1n) is 7.09. The maximum absolute atomic E-state index is 12.3. The minimum absolute atomic E-state index is 0.116. The molecule has 4 nitrogen and oxygen atoms in total. The van der Waals surface area contributed by atoms with Gasteiger partial charge in [0.15, 0.2) is 0 Å². The summed E-state index contributed by atoms with van der Waals surface area (Å²) in [6.07, 6.45) is 0.489. The molecule has 0 aromatic heterocycles. The number of rotatable bonds is 1. The van der Waals surface area contributed by atoms with Crippen LogP contribution in [0.25, 0.3) is 0 Å². The second kappa shape index (κ2) is 5.83. The van der Waals surface area contributed by atoms with Crippen molar-refractivity contribution in [2.75, 3.05) is 6.54 Å². The van der Waals surface area contributed by atoms with Gasteiger partial charge in [-0.15, -0.1) is 0 Å². The number of aliphatic hydroxyl groups is 1. The summed E-state index contributed by atoms with van der Waals surface area (Å²) < 4.78 is 5.47. The normalized spacial score (nSPS) is 23.5. The van der Waals surface area contributed by atoms with Crippen LogP contribution in [-0.4, -0.2) is 34.3 Å². The predicted octanol–water partition coefficient (Wildman–Crippen LogP) is 3.12. The van der Waals surface area contributed by atoms with Gasteiger partial charge in [0.05, 0.1) is 12.1 Å². The Kier molecular flexibility index (Phi) is 4.33. The highest BCUT2D eigenvalue weighted by Crippen LogP contribution is 2.32. The molecule has 0 radical (unpaired) electrons. The first-order chi connectivity index (χ1) is 9.37. The van der Waals surface area contributed by atoms with Gasteiger partial charge in [-0.1, -0.05) is 30.3 Å². The molecule has 2 atom stereocenters. The molecule has 1 saturated heterocycles. The smallest absolute Gasteiger partial charge is 0.410 e. The van der Waals surface area contributed by atoms with E-state index in [9.17, 15) is 9.90 Å². The SMILES string of the molecule is CC(C)(C)OC(=O)N1CC[C@@H](O)C[C@@H]1c1ccccc1. The van der Waals surface area contributed by atoms with Crippen molar-refractivity contribution in [3.8, 4) is 0 Å². The van der Waals surface area contributed by atoms with Crippen LogP contribution in [0.5, 0.6) is 0 Å². The van der Waals surface area contributed by atoms with E-state index in [1.807, 2.05) is 51.1 Å². The third-order valence-electron chi connectivity index (χ3n) is 3.39. The van der Waals surface area contributed by atoms with E-state index in [1.54, 1.807) is 4.90 Å². The fourth-order valence-electron chi connectivity index (χ4n) is 2.48. The summed E-state index contributed by atoms with van der Waals surface area (Å²) in [7, 11) is 0. The van der Waals surface area contributed by atoms with E-state index in [1.165, 1.54) is 0 Å². The van der Waals surface area contributed by atoms with Gasteiger partial charge in [-0.2, -0.15) is 0 Å². The predicted molar refractivity (Wildman–Crippen MR) is 77.4 cm³/mol. The Balaban J connectivity index is 2.19. The molecule has 1 aliphatic heterocycles. The van der Waals surface area contributed by atoms with Crippen molar-refractivity contribution >= 4 is 6.09 Å². The van der Waals surface area contributed by atoms with E-state index in [0.29, 0.717) is 19.4 Å². The lowest BCUT2D eigenvalue weighted by atomic mass is 9.94. The van der Waals surface area contributed by atoms with Crippen molar-refractivity contribution in [2.45, 2.75) is 51.4 Å². The van der Waals surface area contributed by atoms with Crippen LogP contribution in [-0.2, 0) is 4.74 Å². The molecule has 1 amide bonds. The number of ether oxygens (including phenoxy) is 1. The molecule has 0 saturated carbocycles. The third-order valence-corrected chi connectivity index (χ3v) is 3.39. The first-order valence-corrected chi connectivity index (χ1v) is 7.09. The molecule has 1 aromatic carbocycles. The molecule has 0 spiro atoms. The van der Waals surface area contributed by atoms with E-state index in [0.717, 1.165) is 5.56 Å². The Labute approximate surface area is 120 Å². The minimum Gasteiger partial charge on any atom is -0.444 e. The number of carbonyl (C=O) groups excluding carboxylic acids is 1. The fourth-order valence-corrected chi connectivity index (χ4v) is 2.48. The zero-order valence-electron chi connectivity index (χ0n) is 12.4. The highest BCUT2D eigenvalue weighted by molar-refractivity contribution is 5.69. The molecule has 4 heteroatoms. The van der Waals surface area contributed by atoms with E-state index >= 15 is 0 Å². The maximum atomic E-state index is 12.3. The van der Waals surface area contributed by atoms with Crippen LogP contribution >= 0.6 is 0 Å². The molecule has 0 bridgehead atoms. The quantitative estimate of drug-likeness (QED) is 0.858. The Morgan fingerprint density at radius 2 is 1.95 bits per heavy atom. The first kappa shape index (κ1) is 14.9. The van der Waals surface area contributed by atoms with Gasteiger partial charge >= 0.3 is 6.09 Å². The van der Waals surface area contributed by atoms with Gasteiger partial charge in [0.1, 0.15) is 5.60 Å². The van der Waals surface area contributed by atoms with E-state index < -0.39 is 5.60 Å². The van der Waals surface area contributed by atoms with Crippen molar-refractivity contribution in [2.24, 2.45) is 0 Å². The lowest BCUT2D eigenvalue weighted by Gasteiger charge is -2.38. The van der Waals surface area contributed by atoms with Crippen LogP contribution in [0.15, 0.2) is 30.3 Å². The topological polar surface area (TPSA) is 49.8 Å². The summed E-state index contributed by atoms with van der Waals surface area (Å²) >= 11 is 0. The average Bonchev–Trinajstić information content (AvgIpc) is 2.37. The summed E-state index contributed by atoms with van der Waals surface area (Å²) in [6, 6.07) is 9.70. The number of carbonyl (C=O) groups is 1. The minimum atomic E-state index is -0.506. The number of nitrogens with zero attached hydrogens (tertiary/aromatic N) is 1. The van der Waals surface area contributed by atoms with Crippen LogP contribution in [0.4, 0.5) is 4.79 Å². The number of amides is 1. The Morgan fingerprint density at radius 1 is 1.30 bits per heavy atom. The van der Waals surface area contributed by atoms with Gasteiger partial charge in [0, 0.05) is 6.54 Å². The van der Waals surface area contributed by atoms with Gasteiger partial charge < -0.3 is 14.7 Å². The van der Waals surface area contributed by atoms with Crippen LogP contribution in [0.2, 0.25) is 0 Å². The number of hydrogen-bond donors (Lipinski definition) is 1. The summed E-state index contributed by atoms with van der Waals surface area (Å²) in [5.74, 6) is 0. The lowest BCUT2D eigenvalue weighted by molar-refractivity contribution is -0.00842. The number of benzene rings is 1. The van der Waals surface area contributed by atoms with Crippen molar-refractivity contribution in [1.29, 1.82) is 0 Å². The number of likely N-dealkylation sites (tertiary alicyclic amines) is 1. The van der Waals surface area contributed by atoms with E-state index in [4.69, 9.17) is 4.74 Å². The van der Waals surface area contributed by atoms with Crippen LogP contribution in [0.1, 0.15) is 45.2 Å². The van der Waals surface area contributed by atoms with Crippen molar-refractivity contribution in [1.82, 2.24) is 4.90 Å². The van der Waals surface area contributed by atoms with Gasteiger partial charge in [0.25, 0.3) is 0 Å². The van der Waals surface area contributed by atoms with Crippen LogP contribution < -0.4 is 0 Å². The maximum Gasteiger partial charge on any atom is 0.410 e. The lowest BCUT2D eigenvalue weighted by Crippen LogP contribution is -2.44. The van der Waals surface area contributed by atoms with E-state index in [-0.39, 0.29) is 18.2 Å². The Hall–Kier alpha value is -1.55. The van der Waals surface area contributed by atoms with Gasteiger partial charge in [-0.3, -0.25) is 0 Å². The third kappa shape index (κ3) is 3.73. The zero-order chi connectivity index (χ0) is 14.8. The largest absolute Gasteiger partial charge is 0.444 e. The summed E-state index contributed by atoms with van der Waals surface area (Å²) in [5, 5.41) is 9.89. The molecular weight excluding hydrogens is 254 g/mol. The number of aliphatic hydroxyl groups excluding tert-OH is 1. The molecule has 2 rings (SSSR count). The summed E-state index contributed by atoms with van der Waals surface area (Å²) in [6.45, 7) is 6.11. The van der Waals surface area contributed by atoms with Gasteiger partial charge in [0.2, 0.25) is 0 Å². The summed E-state index contributed by atoms with van der Waals surface area (Å²) in [4.78, 5) is 14.1. The fraction of sp³-hybridized carbons (Fsp3) is 0.562. The molecule has 1 aliphatic rings. The standard InChI is InChI=1S/C16H23NO3/c1-16(2,3)20-15(19)17-10-9-13(18)11-14(17)12-7-5-4-6-8-12/h4-8,13-14,18H,9-11H2,1-3H3/t13-,14-/m1/s1. The molecule has 20 heavy (non-hydrogen) atoms. The molecule has 0 aliphatic carbocycles.